The first-order chi connectivity index (χ1) is 11.2. The molecule has 0 heterocycles. The Hall–Kier alpha value is -2.53. The minimum absolute atomic E-state index is 0.129. The van der Waals surface area contributed by atoms with E-state index in [1.165, 1.54) is 0 Å². The second-order valence-corrected chi connectivity index (χ2v) is 5.10. The maximum absolute atomic E-state index is 11.8. The van der Waals surface area contributed by atoms with E-state index in [0.717, 1.165) is 0 Å². The molecule has 2 aromatic rings. The van der Waals surface area contributed by atoms with Crippen molar-refractivity contribution in [1.29, 1.82) is 0 Å². The molecule has 2 N–H and O–H groups in total. The maximum Gasteiger partial charge on any atom is 0.258 e. The summed E-state index contributed by atoms with van der Waals surface area (Å²) in [5, 5.41) is 5.83. The molecule has 5 nitrogen and oxygen atoms in total. The molecule has 0 aliphatic heterocycles. The number of carbonyl (C=O) groups is 2. The Bertz CT molecular complexity index is 662. The van der Waals surface area contributed by atoms with Gasteiger partial charge in [-0.05, 0) is 24.3 Å². The zero-order valence-corrected chi connectivity index (χ0v) is 13.2. The average Bonchev–Trinajstić information content (AvgIpc) is 2.58. The van der Waals surface area contributed by atoms with Gasteiger partial charge in [0.25, 0.3) is 11.8 Å². The maximum atomic E-state index is 11.8. The van der Waals surface area contributed by atoms with E-state index in [-0.39, 0.29) is 18.4 Å². The molecule has 23 heavy (non-hydrogen) atoms. The van der Waals surface area contributed by atoms with Crippen molar-refractivity contribution in [3.8, 4) is 5.75 Å². The second-order valence-electron chi connectivity index (χ2n) is 4.69. The normalized spacial score (nSPS) is 9.96. The zero-order chi connectivity index (χ0) is 16.5. The summed E-state index contributed by atoms with van der Waals surface area (Å²) in [4.78, 5) is 23.4. The number of benzene rings is 2. The van der Waals surface area contributed by atoms with E-state index in [0.29, 0.717) is 29.4 Å². The molecule has 2 amide bonds. The molecule has 2 aromatic carbocycles. The fourth-order valence-corrected chi connectivity index (χ4v) is 2.02. The fourth-order valence-electron chi connectivity index (χ4n) is 1.83. The van der Waals surface area contributed by atoms with E-state index in [9.17, 15) is 9.59 Å². The van der Waals surface area contributed by atoms with Gasteiger partial charge in [-0.25, -0.2) is 0 Å². The summed E-state index contributed by atoms with van der Waals surface area (Å²) in [6, 6.07) is 15.8. The van der Waals surface area contributed by atoms with Gasteiger partial charge in [0, 0.05) is 18.7 Å². The van der Waals surface area contributed by atoms with Crippen LogP contribution >= 0.6 is 11.6 Å². The summed E-state index contributed by atoms with van der Waals surface area (Å²) < 4.78 is 5.31. The minimum Gasteiger partial charge on any atom is -0.482 e. The Morgan fingerprint density at radius 1 is 0.913 bits per heavy atom. The van der Waals surface area contributed by atoms with Crippen LogP contribution in [0.1, 0.15) is 10.4 Å². The highest BCUT2D eigenvalue weighted by Gasteiger charge is 2.06. The molecule has 0 aliphatic carbocycles. The summed E-state index contributed by atoms with van der Waals surface area (Å²) in [6.07, 6.45) is 0. The fraction of sp³-hybridized carbons (Fsp3) is 0.176. The molecule has 0 aliphatic rings. The summed E-state index contributed by atoms with van der Waals surface area (Å²) in [5.41, 5.74) is 0.584. The lowest BCUT2D eigenvalue weighted by Gasteiger charge is -2.09. The smallest absolute Gasteiger partial charge is 0.258 e. The van der Waals surface area contributed by atoms with E-state index in [4.69, 9.17) is 16.3 Å². The Morgan fingerprint density at radius 3 is 2.30 bits per heavy atom. The van der Waals surface area contributed by atoms with Gasteiger partial charge in [0.15, 0.2) is 6.61 Å². The van der Waals surface area contributed by atoms with Crippen molar-refractivity contribution in [2.24, 2.45) is 0 Å². The molecule has 0 fully saturated rings. The van der Waals surface area contributed by atoms with Crippen LogP contribution in [0.15, 0.2) is 54.6 Å². The number of para-hydroxylation sites is 1. The van der Waals surface area contributed by atoms with E-state index < -0.39 is 0 Å². The lowest BCUT2D eigenvalue weighted by Crippen LogP contribution is -2.36. The van der Waals surface area contributed by atoms with Gasteiger partial charge in [-0.15, -0.1) is 0 Å². The van der Waals surface area contributed by atoms with Gasteiger partial charge < -0.3 is 15.4 Å². The number of nitrogens with one attached hydrogen (secondary N) is 2. The molecule has 0 bridgehead atoms. The first-order valence-corrected chi connectivity index (χ1v) is 7.52. The highest BCUT2D eigenvalue weighted by Crippen LogP contribution is 2.22. The standard InChI is InChI=1S/C17H17ClN2O3/c18-14-8-4-5-9-15(14)23-12-16(21)19-10-11-20-17(22)13-6-2-1-3-7-13/h1-9H,10-12H2,(H,19,21)(H,20,22). The average molecular weight is 333 g/mol. The summed E-state index contributed by atoms with van der Waals surface area (Å²) in [6.45, 7) is 0.533. The van der Waals surface area contributed by atoms with Crippen LogP contribution in [-0.2, 0) is 4.79 Å². The van der Waals surface area contributed by atoms with Crippen LogP contribution in [0.5, 0.6) is 5.75 Å². The van der Waals surface area contributed by atoms with Crippen LogP contribution in [0.4, 0.5) is 0 Å². The van der Waals surface area contributed by atoms with Crippen LogP contribution < -0.4 is 15.4 Å². The number of rotatable bonds is 7. The van der Waals surface area contributed by atoms with Crippen molar-refractivity contribution in [3.05, 3.63) is 65.2 Å². The predicted octanol–water partition coefficient (Wildman–Crippen LogP) is 2.26. The van der Waals surface area contributed by atoms with Gasteiger partial charge >= 0.3 is 0 Å². The van der Waals surface area contributed by atoms with Crippen molar-refractivity contribution >= 4 is 23.4 Å². The van der Waals surface area contributed by atoms with Crippen LogP contribution in [0.3, 0.4) is 0 Å². The molecule has 6 heteroatoms. The first-order valence-electron chi connectivity index (χ1n) is 7.14. The number of carbonyl (C=O) groups excluding carboxylic acids is 2. The van der Waals surface area contributed by atoms with E-state index in [2.05, 4.69) is 10.6 Å². The molecule has 2 rings (SSSR count). The lowest BCUT2D eigenvalue weighted by atomic mass is 10.2. The monoisotopic (exact) mass is 332 g/mol. The lowest BCUT2D eigenvalue weighted by molar-refractivity contribution is -0.123. The molecular formula is C17H17ClN2O3. The van der Waals surface area contributed by atoms with Gasteiger partial charge in [-0.3, -0.25) is 9.59 Å². The Morgan fingerprint density at radius 2 is 1.57 bits per heavy atom. The van der Waals surface area contributed by atoms with E-state index >= 15 is 0 Å². The van der Waals surface area contributed by atoms with Gasteiger partial charge in [-0.1, -0.05) is 41.9 Å². The first kappa shape index (κ1) is 16.8. The van der Waals surface area contributed by atoms with E-state index in [1.807, 2.05) is 6.07 Å². The molecule has 120 valence electrons. The van der Waals surface area contributed by atoms with Crippen molar-refractivity contribution < 1.29 is 14.3 Å². The van der Waals surface area contributed by atoms with Crippen molar-refractivity contribution in [1.82, 2.24) is 10.6 Å². The molecule has 0 saturated heterocycles. The Balaban J connectivity index is 1.63. The van der Waals surface area contributed by atoms with Gasteiger partial charge in [0.05, 0.1) is 5.02 Å². The Labute approximate surface area is 139 Å². The molecule has 0 saturated carbocycles. The third-order valence-electron chi connectivity index (χ3n) is 2.96. The molecular weight excluding hydrogens is 316 g/mol. The number of hydrogen-bond acceptors (Lipinski definition) is 3. The highest BCUT2D eigenvalue weighted by molar-refractivity contribution is 6.32. The van der Waals surface area contributed by atoms with Gasteiger partial charge in [0.2, 0.25) is 0 Å². The summed E-state index contributed by atoms with van der Waals surface area (Å²) in [7, 11) is 0. The largest absolute Gasteiger partial charge is 0.482 e. The zero-order valence-electron chi connectivity index (χ0n) is 12.4. The van der Waals surface area contributed by atoms with Crippen LogP contribution in [0.2, 0.25) is 5.02 Å². The minimum atomic E-state index is -0.279. The second kappa shape index (κ2) is 8.80. The molecule has 0 atom stereocenters. The number of halogens is 1. The van der Waals surface area contributed by atoms with Crippen molar-refractivity contribution in [2.45, 2.75) is 0 Å². The Kier molecular flexibility index (Phi) is 6.44. The third kappa shape index (κ3) is 5.64. The topological polar surface area (TPSA) is 67.4 Å². The van der Waals surface area contributed by atoms with Crippen molar-refractivity contribution in [3.63, 3.8) is 0 Å². The van der Waals surface area contributed by atoms with Gasteiger partial charge in [-0.2, -0.15) is 0 Å². The summed E-state index contributed by atoms with van der Waals surface area (Å²) in [5.74, 6) is 0.00717. The molecule has 0 spiro atoms. The van der Waals surface area contributed by atoms with E-state index in [1.54, 1.807) is 48.5 Å². The van der Waals surface area contributed by atoms with Crippen LogP contribution in [0.25, 0.3) is 0 Å². The number of amides is 2. The number of hydrogen-bond donors (Lipinski definition) is 2. The number of ether oxygens (including phenoxy) is 1. The molecule has 0 radical (unpaired) electrons. The molecule has 0 unspecified atom stereocenters. The molecule has 0 aromatic heterocycles. The third-order valence-corrected chi connectivity index (χ3v) is 3.28. The van der Waals surface area contributed by atoms with Crippen molar-refractivity contribution in [2.75, 3.05) is 19.7 Å². The SMILES string of the molecule is O=C(COc1ccccc1Cl)NCCNC(=O)c1ccccc1. The van der Waals surface area contributed by atoms with Crippen LogP contribution in [0, 0.1) is 0 Å². The highest BCUT2D eigenvalue weighted by atomic mass is 35.5. The van der Waals surface area contributed by atoms with Gasteiger partial charge in [0.1, 0.15) is 5.75 Å². The predicted molar refractivity (Wildman–Crippen MR) is 88.7 cm³/mol. The summed E-state index contributed by atoms with van der Waals surface area (Å²) >= 11 is 5.92. The van der Waals surface area contributed by atoms with Crippen LogP contribution in [-0.4, -0.2) is 31.5 Å². The quantitative estimate of drug-likeness (QED) is 0.764.